The van der Waals surface area contributed by atoms with Crippen molar-refractivity contribution in [1.82, 2.24) is 9.97 Å². The van der Waals surface area contributed by atoms with Gasteiger partial charge in [-0.25, -0.2) is 9.97 Å². The maximum absolute atomic E-state index is 5.56. The minimum absolute atomic E-state index is 0.579. The van der Waals surface area contributed by atoms with Crippen LogP contribution in [0.3, 0.4) is 0 Å². The Morgan fingerprint density at radius 2 is 2.06 bits per heavy atom. The average molecular weight is 233 g/mol. The van der Waals surface area contributed by atoms with E-state index in [9.17, 15) is 0 Å². The van der Waals surface area contributed by atoms with Crippen molar-refractivity contribution in [3.05, 3.63) is 23.8 Å². The molecule has 0 unspecified atom stereocenters. The Labute approximate surface area is 104 Å². The summed E-state index contributed by atoms with van der Waals surface area (Å²) in [6, 6.07) is 1.98. The first-order valence-corrected chi connectivity index (χ1v) is 6.85. The van der Waals surface area contributed by atoms with Gasteiger partial charge in [0.2, 0.25) is 0 Å². The standard InChI is InChI=1S/C14H23N3/c1-2-11-3-5-12(6-4-11)14-16-10-8-13(17-14)7-9-15/h8,10-12H,2-7,9,15H2,1H3. The summed E-state index contributed by atoms with van der Waals surface area (Å²) in [6.07, 6.45) is 9.26. The Bertz CT molecular complexity index is 343. The molecule has 2 rings (SSSR count). The van der Waals surface area contributed by atoms with E-state index in [-0.39, 0.29) is 0 Å². The Morgan fingerprint density at radius 1 is 1.29 bits per heavy atom. The molecule has 94 valence electrons. The summed E-state index contributed by atoms with van der Waals surface area (Å²) in [6.45, 7) is 2.96. The molecule has 1 aromatic rings. The smallest absolute Gasteiger partial charge is 0.131 e. The Kier molecular flexibility index (Phi) is 4.49. The van der Waals surface area contributed by atoms with E-state index in [1.54, 1.807) is 0 Å². The fraction of sp³-hybridized carbons (Fsp3) is 0.714. The summed E-state index contributed by atoms with van der Waals surface area (Å²) in [4.78, 5) is 9.09. The average Bonchev–Trinajstić information content (AvgIpc) is 2.40. The topological polar surface area (TPSA) is 51.8 Å². The Hall–Kier alpha value is -0.960. The van der Waals surface area contributed by atoms with Crippen LogP contribution in [-0.2, 0) is 6.42 Å². The Morgan fingerprint density at radius 3 is 2.71 bits per heavy atom. The lowest BCUT2D eigenvalue weighted by molar-refractivity contribution is 0.312. The van der Waals surface area contributed by atoms with Crippen LogP contribution in [0.4, 0.5) is 0 Å². The molecule has 0 spiro atoms. The number of hydrogen-bond acceptors (Lipinski definition) is 3. The van der Waals surface area contributed by atoms with Gasteiger partial charge in [-0.2, -0.15) is 0 Å². The van der Waals surface area contributed by atoms with Crippen LogP contribution in [0.25, 0.3) is 0 Å². The highest BCUT2D eigenvalue weighted by molar-refractivity contribution is 5.07. The molecule has 1 aromatic heterocycles. The van der Waals surface area contributed by atoms with Crippen molar-refractivity contribution in [2.45, 2.75) is 51.4 Å². The van der Waals surface area contributed by atoms with Crippen LogP contribution >= 0.6 is 0 Å². The lowest BCUT2D eigenvalue weighted by Gasteiger charge is -2.26. The van der Waals surface area contributed by atoms with Gasteiger partial charge in [0.1, 0.15) is 5.82 Å². The molecule has 0 radical (unpaired) electrons. The lowest BCUT2D eigenvalue weighted by Crippen LogP contribution is -2.15. The second-order valence-electron chi connectivity index (χ2n) is 5.07. The van der Waals surface area contributed by atoms with Crippen molar-refractivity contribution in [2.75, 3.05) is 6.54 Å². The van der Waals surface area contributed by atoms with E-state index in [0.29, 0.717) is 12.5 Å². The summed E-state index contributed by atoms with van der Waals surface area (Å²) < 4.78 is 0. The largest absolute Gasteiger partial charge is 0.330 e. The summed E-state index contributed by atoms with van der Waals surface area (Å²) >= 11 is 0. The quantitative estimate of drug-likeness (QED) is 0.870. The van der Waals surface area contributed by atoms with E-state index in [0.717, 1.165) is 23.9 Å². The van der Waals surface area contributed by atoms with Crippen molar-refractivity contribution in [2.24, 2.45) is 11.7 Å². The van der Waals surface area contributed by atoms with Gasteiger partial charge in [-0.1, -0.05) is 13.3 Å². The fourth-order valence-corrected chi connectivity index (χ4v) is 2.73. The first-order chi connectivity index (χ1) is 8.33. The van der Waals surface area contributed by atoms with Crippen molar-refractivity contribution >= 4 is 0 Å². The van der Waals surface area contributed by atoms with E-state index >= 15 is 0 Å². The molecule has 1 saturated carbocycles. The molecule has 0 saturated heterocycles. The number of rotatable bonds is 4. The maximum atomic E-state index is 5.56. The molecule has 0 amide bonds. The fourth-order valence-electron chi connectivity index (χ4n) is 2.73. The minimum atomic E-state index is 0.579. The number of nitrogens with zero attached hydrogens (tertiary/aromatic N) is 2. The first-order valence-electron chi connectivity index (χ1n) is 6.85. The van der Waals surface area contributed by atoms with Crippen LogP contribution in [-0.4, -0.2) is 16.5 Å². The van der Waals surface area contributed by atoms with Crippen LogP contribution in [0, 0.1) is 5.92 Å². The molecule has 0 atom stereocenters. The van der Waals surface area contributed by atoms with Gasteiger partial charge in [-0.15, -0.1) is 0 Å². The zero-order valence-electron chi connectivity index (χ0n) is 10.7. The van der Waals surface area contributed by atoms with Gasteiger partial charge < -0.3 is 5.73 Å². The summed E-state index contributed by atoms with van der Waals surface area (Å²) in [5, 5.41) is 0. The number of hydrogen-bond donors (Lipinski definition) is 1. The third-order valence-corrected chi connectivity index (χ3v) is 3.92. The molecule has 0 bridgehead atoms. The van der Waals surface area contributed by atoms with Gasteiger partial charge in [-0.05, 0) is 44.2 Å². The third-order valence-electron chi connectivity index (χ3n) is 3.92. The van der Waals surface area contributed by atoms with Crippen LogP contribution in [0.5, 0.6) is 0 Å². The summed E-state index contributed by atoms with van der Waals surface area (Å²) in [5.41, 5.74) is 6.66. The monoisotopic (exact) mass is 233 g/mol. The van der Waals surface area contributed by atoms with Crippen molar-refractivity contribution in [1.29, 1.82) is 0 Å². The number of aromatic nitrogens is 2. The van der Waals surface area contributed by atoms with Gasteiger partial charge >= 0.3 is 0 Å². The molecule has 1 aliphatic carbocycles. The molecule has 3 heteroatoms. The summed E-state index contributed by atoms with van der Waals surface area (Å²) in [7, 11) is 0. The zero-order valence-corrected chi connectivity index (χ0v) is 10.7. The molecule has 17 heavy (non-hydrogen) atoms. The van der Waals surface area contributed by atoms with Gasteiger partial charge in [0.25, 0.3) is 0 Å². The van der Waals surface area contributed by atoms with Crippen LogP contribution < -0.4 is 5.73 Å². The van der Waals surface area contributed by atoms with E-state index in [2.05, 4.69) is 16.9 Å². The first kappa shape index (κ1) is 12.5. The van der Waals surface area contributed by atoms with Gasteiger partial charge in [-0.3, -0.25) is 0 Å². The minimum Gasteiger partial charge on any atom is -0.330 e. The van der Waals surface area contributed by atoms with E-state index < -0.39 is 0 Å². The van der Waals surface area contributed by atoms with Gasteiger partial charge in [0.15, 0.2) is 0 Å². The molecule has 0 aliphatic heterocycles. The normalized spacial score (nSPS) is 24.8. The lowest BCUT2D eigenvalue weighted by atomic mass is 9.80. The van der Waals surface area contributed by atoms with Crippen LogP contribution in [0.15, 0.2) is 12.3 Å². The van der Waals surface area contributed by atoms with Crippen LogP contribution in [0.1, 0.15) is 56.5 Å². The maximum Gasteiger partial charge on any atom is 0.131 e. The van der Waals surface area contributed by atoms with Gasteiger partial charge in [0, 0.05) is 24.2 Å². The highest BCUT2D eigenvalue weighted by atomic mass is 14.9. The van der Waals surface area contributed by atoms with E-state index in [1.165, 1.54) is 32.1 Å². The second-order valence-corrected chi connectivity index (χ2v) is 5.07. The molecular formula is C14H23N3. The second kappa shape index (κ2) is 6.10. The molecule has 2 N–H and O–H groups in total. The highest BCUT2D eigenvalue weighted by Crippen LogP contribution is 2.35. The number of nitrogens with two attached hydrogens (primary N) is 1. The van der Waals surface area contributed by atoms with Crippen molar-refractivity contribution in [3.8, 4) is 0 Å². The summed E-state index contributed by atoms with van der Waals surface area (Å²) in [5.74, 6) is 2.56. The van der Waals surface area contributed by atoms with E-state index in [4.69, 9.17) is 5.73 Å². The predicted molar refractivity (Wildman–Crippen MR) is 69.8 cm³/mol. The molecule has 1 fully saturated rings. The van der Waals surface area contributed by atoms with Crippen LogP contribution in [0.2, 0.25) is 0 Å². The zero-order chi connectivity index (χ0) is 12.1. The molecule has 3 nitrogen and oxygen atoms in total. The Balaban J connectivity index is 2.00. The van der Waals surface area contributed by atoms with Gasteiger partial charge in [0.05, 0.1) is 0 Å². The highest BCUT2D eigenvalue weighted by Gasteiger charge is 2.23. The van der Waals surface area contributed by atoms with Crippen molar-refractivity contribution < 1.29 is 0 Å². The SMILES string of the molecule is CCC1CCC(c2nccc(CCN)n2)CC1. The molecule has 1 aliphatic rings. The predicted octanol–water partition coefficient (Wildman–Crippen LogP) is 2.66. The molecule has 0 aromatic carbocycles. The van der Waals surface area contributed by atoms with Crippen molar-refractivity contribution in [3.63, 3.8) is 0 Å². The molecule has 1 heterocycles. The third kappa shape index (κ3) is 3.25. The van der Waals surface area contributed by atoms with E-state index in [1.807, 2.05) is 12.3 Å². The molecular weight excluding hydrogens is 210 g/mol.